The van der Waals surface area contributed by atoms with Gasteiger partial charge in [0.1, 0.15) is 47.8 Å². The molecule has 270 valence electrons. The van der Waals surface area contributed by atoms with Crippen LogP contribution < -0.4 is 30.6 Å². The van der Waals surface area contributed by atoms with Crippen molar-refractivity contribution in [1.82, 2.24) is 10.3 Å². The summed E-state index contributed by atoms with van der Waals surface area (Å²) in [6, 6.07) is 13.5. The quantitative estimate of drug-likeness (QED) is 0.170. The molecule has 0 radical (unpaired) electrons. The van der Waals surface area contributed by atoms with Crippen molar-refractivity contribution in [2.75, 3.05) is 7.11 Å². The monoisotopic (exact) mass is 706 g/mol. The smallest absolute Gasteiger partial charge is 0.430 e. The highest BCUT2D eigenvalue weighted by Crippen LogP contribution is 2.23. The van der Waals surface area contributed by atoms with E-state index in [-0.39, 0.29) is 5.91 Å². The molecule has 3 rings (SSSR count). The number of aromatic nitrogens is 2. The summed E-state index contributed by atoms with van der Waals surface area (Å²) in [6.45, 7) is 10.2. The van der Waals surface area contributed by atoms with Crippen LogP contribution in [0.5, 0.6) is 5.75 Å². The average molecular weight is 707 g/mol. The van der Waals surface area contributed by atoms with Crippen molar-refractivity contribution < 1.29 is 75.5 Å². The Bertz CT molecular complexity index is 1560. The molecule has 0 spiro atoms. The van der Waals surface area contributed by atoms with Gasteiger partial charge in [-0.1, -0.05) is 6.92 Å². The molecule has 0 aliphatic heterocycles. The molecule has 5 N–H and O–H groups in total. The van der Waals surface area contributed by atoms with Crippen LogP contribution in [0.25, 0.3) is 0 Å². The van der Waals surface area contributed by atoms with Crippen molar-refractivity contribution >= 4 is 29.5 Å². The van der Waals surface area contributed by atoms with Gasteiger partial charge in [-0.15, -0.1) is 0 Å². The number of quaternary nitrogens is 1. The van der Waals surface area contributed by atoms with E-state index in [0.717, 1.165) is 22.8 Å². The Morgan fingerprint density at radius 1 is 0.918 bits per heavy atom. The second-order valence-corrected chi connectivity index (χ2v) is 11.0. The Morgan fingerprint density at radius 3 is 1.88 bits per heavy atom. The number of H-pyrrole nitrogens is 2. The molecule has 3 aromatic rings. The van der Waals surface area contributed by atoms with Crippen molar-refractivity contribution in [3.05, 3.63) is 76.4 Å². The Labute approximate surface area is 276 Å². The number of carboxylic acids is 2. The molecule has 1 aromatic carbocycles. The van der Waals surface area contributed by atoms with Crippen LogP contribution in [-0.2, 0) is 33.8 Å². The number of methoxy groups -OCH3 is 1. The number of alkyl halides is 6. The maximum atomic E-state index is 13.4. The van der Waals surface area contributed by atoms with E-state index in [1.807, 2.05) is 82.4 Å². The first kappa shape index (κ1) is 41.9. The first-order valence-corrected chi connectivity index (χ1v) is 14.3. The number of amides is 1. The number of benzene rings is 1. The van der Waals surface area contributed by atoms with Gasteiger partial charge in [-0.25, -0.2) is 9.78 Å². The molecule has 0 bridgehead atoms. The number of nitrogens with one attached hydrogen (secondary N) is 3. The highest BCUT2D eigenvalue weighted by atomic mass is 19.4. The molecule has 1 amide bonds. The van der Waals surface area contributed by atoms with Gasteiger partial charge >= 0.3 is 18.3 Å². The molecule has 2 aromatic heterocycles. The van der Waals surface area contributed by atoms with Crippen LogP contribution in [0.2, 0.25) is 0 Å². The lowest BCUT2D eigenvalue weighted by atomic mass is 10.0. The highest BCUT2D eigenvalue weighted by molar-refractivity contribution is 6.01. The lowest BCUT2D eigenvalue weighted by Gasteiger charge is -2.19. The van der Waals surface area contributed by atoms with E-state index in [1.54, 1.807) is 7.11 Å². The minimum absolute atomic E-state index is 0.235. The van der Waals surface area contributed by atoms with Gasteiger partial charge in [0.2, 0.25) is 0 Å². The van der Waals surface area contributed by atoms with E-state index in [1.165, 1.54) is 0 Å². The number of hydrogen-bond acceptors (Lipinski definition) is 8. The van der Waals surface area contributed by atoms with E-state index in [9.17, 15) is 35.9 Å². The summed E-state index contributed by atoms with van der Waals surface area (Å²) in [5, 5.41) is 22.6. The number of nitrogens with two attached hydrogens (primary N) is 1. The summed E-state index contributed by atoms with van der Waals surface area (Å²) in [5.74, 6) is -5.94. The fraction of sp³-hybridized carbons (Fsp3) is 0.387. The molecular formula is C31H36F6N4O8. The van der Waals surface area contributed by atoms with Gasteiger partial charge in [-0.05, 0) is 51.0 Å². The zero-order valence-corrected chi connectivity index (χ0v) is 27.3. The molecule has 0 unspecified atom stereocenters. The van der Waals surface area contributed by atoms with Crippen LogP contribution in [0.1, 0.15) is 71.2 Å². The number of esters is 1. The molecular weight excluding hydrogens is 670 g/mol. The lowest BCUT2D eigenvalue weighted by Crippen LogP contribution is -2.76. The van der Waals surface area contributed by atoms with Gasteiger partial charge in [0.05, 0.1) is 18.4 Å². The van der Waals surface area contributed by atoms with E-state index < -0.39 is 35.9 Å². The molecule has 0 saturated heterocycles. The normalized spacial score (nSPS) is 11.3. The molecule has 0 fully saturated rings. The van der Waals surface area contributed by atoms with Crippen molar-refractivity contribution in [3.8, 4) is 5.75 Å². The lowest BCUT2D eigenvalue weighted by molar-refractivity contribution is -0.589. The number of carbonyl (C=O) groups is 4. The average Bonchev–Trinajstić information content (AvgIpc) is 3.37. The largest absolute Gasteiger partial charge is 0.542 e. The third-order valence-corrected chi connectivity index (χ3v) is 5.93. The number of carbonyl (C=O) groups excluding carboxylic acids is 4. The SMILES string of the molecule is CCc1c(C(=O)OC(C)(C)C)[nH]c(C[NH2+]c2ccc(OC)cc2)c1C(=O)NCc1cccc(C)[nH+]1.O=C([O-])C(F)(F)F.O=C([O-])C(F)(F)F. The minimum Gasteiger partial charge on any atom is -0.542 e. The zero-order valence-electron chi connectivity index (χ0n) is 27.3. The standard InChI is InChI=1S/C27H34N4O4.2C2HF3O2/c1-7-21-23(25(32)29-15-19-10-8-9-17(2)30-19)22(31-24(21)26(33)35-27(3,4)5)16-28-18-11-13-20(34-6)14-12-18;2*3-2(4,5)1(6)7/h8-14,28,31H,7,15-16H2,1-6H3,(H,29,32);2*(H,6,7). The molecule has 18 heteroatoms. The van der Waals surface area contributed by atoms with Gasteiger partial charge in [0.15, 0.2) is 11.4 Å². The number of aliphatic carboxylic acids is 2. The first-order chi connectivity index (χ1) is 22.5. The van der Waals surface area contributed by atoms with Crippen LogP contribution in [0.15, 0.2) is 42.5 Å². The number of ether oxygens (including phenoxy) is 2. The maximum absolute atomic E-state index is 13.4. The molecule has 0 saturated carbocycles. The first-order valence-electron chi connectivity index (χ1n) is 14.3. The van der Waals surface area contributed by atoms with Crippen molar-refractivity contribution in [1.29, 1.82) is 0 Å². The van der Waals surface area contributed by atoms with E-state index in [4.69, 9.17) is 29.3 Å². The molecule has 0 aliphatic carbocycles. The number of rotatable bonds is 9. The van der Waals surface area contributed by atoms with E-state index >= 15 is 0 Å². The molecule has 12 nitrogen and oxygen atoms in total. The third kappa shape index (κ3) is 14.7. The number of hydrogen-bond donors (Lipinski definition) is 3. The molecule has 0 atom stereocenters. The summed E-state index contributed by atoms with van der Waals surface area (Å²) in [6.07, 6.45) is -9.88. The van der Waals surface area contributed by atoms with Crippen LogP contribution in [0.4, 0.5) is 32.0 Å². The van der Waals surface area contributed by atoms with E-state index in [2.05, 4.69) is 15.3 Å². The zero-order chi connectivity index (χ0) is 37.7. The van der Waals surface area contributed by atoms with Crippen LogP contribution in [-0.4, -0.2) is 53.9 Å². The fourth-order valence-corrected chi connectivity index (χ4v) is 3.85. The molecule has 49 heavy (non-hydrogen) atoms. The van der Waals surface area contributed by atoms with Gasteiger partial charge in [0, 0.05) is 31.2 Å². The Balaban J connectivity index is 0.000000717. The maximum Gasteiger partial charge on any atom is 0.430 e. The molecule has 0 aliphatic rings. The third-order valence-electron chi connectivity index (χ3n) is 5.93. The summed E-state index contributed by atoms with van der Waals surface area (Å²) in [4.78, 5) is 50.4. The van der Waals surface area contributed by atoms with Crippen molar-refractivity contribution in [2.45, 2.75) is 72.1 Å². The topological polar surface area (TPSA) is 191 Å². The van der Waals surface area contributed by atoms with Crippen LogP contribution in [0, 0.1) is 6.92 Å². The Hall–Kier alpha value is -5.13. The van der Waals surface area contributed by atoms with Crippen LogP contribution >= 0.6 is 0 Å². The van der Waals surface area contributed by atoms with Gasteiger partial charge in [-0.2, -0.15) is 26.3 Å². The second kappa shape index (κ2) is 17.9. The number of aryl methyl sites for hydroxylation is 1. The minimum atomic E-state index is -5.19. The number of halogens is 6. The number of aromatic amines is 2. The van der Waals surface area contributed by atoms with Crippen LogP contribution in [0.3, 0.4) is 0 Å². The predicted molar refractivity (Wildman–Crippen MR) is 155 cm³/mol. The highest BCUT2D eigenvalue weighted by Gasteiger charge is 2.30. The van der Waals surface area contributed by atoms with Gasteiger partial charge < -0.3 is 44.9 Å². The number of carboxylic acid groups (broad SMARTS) is 2. The van der Waals surface area contributed by atoms with E-state index in [0.29, 0.717) is 42.0 Å². The summed E-state index contributed by atoms with van der Waals surface area (Å²) in [5.41, 5.74) is 4.38. The van der Waals surface area contributed by atoms with Crippen molar-refractivity contribution in [3.63, 3.8) is 0 Å². The fourth-order valence-electron chi connectivity index (χ4n) is 3.85. The second-order valence-electron chi connectivity index (χ2n) is 11.0. The predicted octanol–water partition coefficient (Wildman–Crippen LogP) is 1.59. The van der Waals surface area contributed by atoms with Gasteiger partial charge in [0.25, 0.3) is 5.91 Å². The summed E-state index contributed by atoms with van der Waals surface area (Å²) < 4.78 is 73.9. The van der Waals surface area contributed by atoms with Gasteiger partial charge in [-0.3, -0.25) is 4.79 Å². The summed E-state index contributed by atoms with van der Waals surface area (Å²) in [7, 11) is 1.63. The number of pyridine rings is 1. The Morgan fingerprint density at radius 2 is 1.45 bits per heavy atom. The molecule has 2 heterocycles. The van der Waals surface area contributed by atoms with Crippen molar-refractivity contribution in [2.24, 2.45) is 0 Å². The summed E-state index contributed by atoms with van der Waals surface area (Å²) >= 11 is 0. The Kier molecular flexibility index (Phi) is 15.3.